The fraction of sp³-hybridized carbons (Fsp3) is 0.385. The van der Waals surface area contributed by atoms with Gasteiger partial charge in [0.15, 0.2) is 0 Å². The van der Waals surface area contributed by atoms with E-state index in [1.807, 2.05) is 25.3 Å². The molecule has 0 fully saturated rings. The maximum Gasteiger partial charge on any atom is 0.223 e. The van der Waals surface area contributed by atoms with Gasteiger partial charge in [0.25, 0.3) is 0 Å². The van der Waals surface area contributed by atoms with Crippen molar-refractivity contribution >= 4 is 29.5 Å². The van der Waals surface area contributed by atoms with Gasteiger partial charge < -0.3 is 19.2 Å². The number of aromatic nitrogens is 3. The van der Waals surface area contributed by atoms with Gasteiger partial charge in [-0.05, 0) is 50.7 Å². The molecule has 0 bridgehead atoms. The third-order valence-corrected chi connectivity index (χ3v) is 5.38. The van der Waals surface area contributed by atoms with Crippen LogP contribution in [-0.2, 0) is 15.9 Å². The van der Waals surface area contributed by atoms with Crippen molar-refractivity contribution in [2.75, 3.05) is 34.1 Å². The molecule has 3 aromatic rings. The van der Waals surface area contributed by atoms with E-state index < -0.39 is 0 Å². The van der Waals surface area contributed by atoms with E-state index in [4.69, 9.17) is 19.2 Å². The van der Waals surface area contributed by atoms with Crippen LogP contribution in [0.5, 0.6) is 5.75 Å². The van der Waals surface area contributed by atoms with Crippen molar-refractivity contribution in [3.05, 3.63) is 59.0 Å². The van der Waals surface area contributed by atoms with Gasteiger partial charge >= 0.3 is 0 Å². The zero-order valence-corrected chi connectivity index (χ0v) is 21.1. The first-order valence-corrected chi connectivity index (χ1v) is 11.5. The maximum absolute atomic E-state index is 5.73. The Labute approximate surface area is 206 Å². The third kappa shape index (κ3) is 6.97. The summed E-state index contributed by atoms with van der Waals surface area (Å²) in [5.41, 5.74) is 5.34. The second-order valence-corrected chi connectivity index (χ2v) is 8.25. The van der Waals surface area contributed by atoms with Gasteiger partial charge in [0, 0.05) is 43.1 Å². The molecule has 0 aliphatic carbocycles. The molecule has 0 radical (unpaired) electrons. The number of hydrogen-bond donors (Lipinski definition) is 2. The number of pyridine rings is 2. The van der Waals surface area contributed by atoms with Crippen molar-refractivity contribution in [1.29, 1.82) is 0 Å². The van der Waals surface area contributed by atoms with Crippen LogP contribution in [-0.4, -0.2) is 68.0 Å². The number of aliphatic imine (C=N–C) groups is 2. The summed E-state index contributed by atoms with van der Waals surface area (Å²) in [6.07, 6.45) is 6.12. The van der Waals surface area contributed by atoms with Crippen LogP contribution in [0.4, 0.5) is 0 Å². The Morgan fingerprint density at radius 1 is 1.23 bits per heavy atom. The summed E-state index contributed by atoms with van der Waals surface area (Å²) in [4.78, 5) is 21.0. The van der Waals surface area contributed by atoms with E-state index in [1.54, 1.807) is 26.6 Å². The summed E-state index contributed by atoms with van der Waals surface area (Å²) in [6, 6.07) is 6.37. The van der Waals surface area contributed by atoms with Crippen molar-refractivity contribution in [3.8, 4) is 5.75 Å². The van der Waals surface area contributed by atoms with Crippen LogP contribution in [0.3, 0.4) is 0 Å². The van der Waals surface area contributed by atoms with E-state index in [0.29, 0.717) is 49.6 Å². The largest absolute Gasteiger partial charge is 0.490 e. The van der Waals surface area contributed by atoms with E-state index in [-0.39, 0.29) is 0 Å². The van der Waals surface area contributed by atoms with Crippen molar-refractivity contribution in [2.24, 2.45) is 9.98 Å². The zero-order chi connectivity index (χ0) is 25.2. The van der Waals surface area contributed by atoms with Crippen LogP contribution >= 0.6 is 0 Å². The third-order valence-electron chi connectivity index (χ3n) is 5.38. The second-order valence-electron chi connectivity index (χ2n) is 8.25. The number of nitrogens with one attached hydrogen (secondary N) is 2. The minimum absolute atomic E-state index is 0.339. The summed E-state index contributed by atoms with van der Waals surface area (Å²) in [5.74, 6) is 1.09. The number of methoxy groups -OCH3 is 2. The number of ether oxygens (including phenoxy) is 3. The number of fused-ring (bicyclic) bond motifs is 1. The van der Waals surface area contributed by atoms with Crippen molar-refractivity contribution < 1.29 is 14.2 Å². The molecule has 3 aromatic heterocycles. The Balaban J connectivity index is 1.85. The first kappa shape index (κ1) is 26.1. The van der Waals surface area contributed by atoms with Gasteiger partial charge in [-0.15, -0.1) is 0 Å². The molecule has 0 amide bonds. The molecule has 3 heterocycles. The van der Waals surface area contributed by atoms with E-state index in [1.165, 1.54) is 0 Å². The van der Waals surface area contributed by atoms with Gasteiger partial charge in [-0.2, -0.15) is 0 Å². The van der Waals surface area contributed by atoms with Crippen molar-refractivity contribution in [2.45, 2.75) is 33.2 Å². The first-order chi connectivity index (χ1) is 17.0. The molecular weight excluding hydrogens is 444 g/mol. The molecule has 0 aliphatic heterocycles. The molecule has 9 nitrogen and oxygen atoms in total. The molecule has 186 valence electrons. The standard InChI is InChI=1S/C26H34N6O3/c1-17(2)31-16-28-15-23(26(27-4)34-6)24-8-7-19(18(3)32-24)11-20-13-29-25-22(20)12-21(14-30-25)35-10-9-33-5/h7-8,12-15,17,31H,4,9-11,16H2,1-3,5-6H3,(H,29,30)/b26-23-,28-15?. The van der Waals surface area contributed by atoms with Crippen LogP contribution in [0.1, 0.15) is 36.4 Å². The van der Waals surface area contributed by atoms with E-state index in [9.17, 15) is 0 Å². The number of rotatable bonds is 13. The van der Waals surface area contributed by atoms with Gasteiger partial charge in [-0.3, -0.25) is 15.3 Å². The van der Waals surface area contributed by atoms with Gasteiger partial charge in [0.2, 0.25) is 5.88 Å². The van der Waals surface area contributed by atoms with Gasteiger partial charge in [-0.1, -0.05) is 6.07 Å². The lowest BCUT2D eigenvalue weighted by molar-refractivity contribution is 0.146. The topological polar surface area (TPSA) is 106 Å². The molecule has 0 spiro atoms. The van der Waals surface area contributed by atoms with E-state index in [2.05, 4.69) is 51.9 Å². The molecule has 0 saturated carbocycles. The quantitative estimate of drug-likeness (QED) is 0.219. The minimum Gasteiger partial charge on any atom is -0.490 e. The van der Waals surface area contributed by atoms with Crippen LogP contribution < -0.4 is 10.1 Å². The molecule has 0 saturated heterocycles. The number of aromatic amines is 1. The Morgan fingerprint density at radius 3 is 2.74 bits per heavy atom. The second kappa shape index (κ2) is 12.8. The van der Waals surface area contributed by atoms with Crippen molar-refractivity contribution in [3.63, 3.8) is 0 Å². The van der Waals surface area contributed by atoms with Crippen LogP contribution in [0.25, 0.3) is 16.6 Å². The van der Waals surface area contributed by atoms with Crippen LogP contribution in [0, 0.1) is 6.92 Å². The molecule has 3 rings (SSSR count). The summed E-state index contributed by atoms with van der Waals surface area (Å²) >= 11 is 0. The number of H-pyrrole nitrogens is 1. The van der Waals surface area contributed by atoms with Gasteiger partial charge in [0.1, 0.15) is 18.0 Å². The van der Waals surface area contributed by atoms with Crippen LogP contribution in [0.15, 0.2) is 46.5 Å². The fourth-order valence-electron chi connectivity index (χ4n) is 3.50. The molecule has 35 heavy (non-hydrogen) atoms. The molecule has 2 N–H and O–H groups in total. The molecule has 0 atom stereocenters. The Bertz CT molecular complexity index is 1200. The van der Waals surface area contributed by atoms with E-state index in [0.717, 1.165) is 33.5 Å². The zero-order valence-electron chi connectivity index (χ0n) is 21.1. The number of hydrogen-bond acceptors (Lipinski definition) is 8. The highest BCUT2D eigenvalue weighted by molar-refractivity contribution is 6.09. The van der Waals surface area contributed by atoms with Gasteiger partial charge in [-0.25, -0.2) is 9.98 Å². The summed E-state index contributed by atoms with van der Waals surface area (Å²) < 4.78 is 16.2. The summed E-state index contributed by atoms with van der Waals surface area (Å²) in [7, 11) is 3.21. The highest BCUT2D eigenvalue weighted by atomic mass is 16.5. The average molecular weight is 479 g/mol. The minimum atomic E-state index is 0.339. The molecule has 9 heteroatoms. The van der Waals surface area contributed by atoms with Crippen molar-refractivity contribution in [1.82, 2.24) is 20.3 Å². The van der Waals surface area contributed by atoms with Gasteiger partial charge in [0.05, 0.1) is 37.8 Å². The highest BCUT2D eigenvalue weighted by Gasteiger charge is 2.13. The lowest BCUT2D eigenvalue weighted by Gasteiger charge is -2.11. The normalized spacial score (nSPS) is 12.4. The first-order valence-electron chi connectivity index (χ1n) is 11.5. The highest BCUT2D eigenvalue weighted by Crippen LogP contribution is 2.25. The SMILES string of the molecule is C=N/C(OC)=C(\C=NCNC(C)C)c1ccc(Cc2c[nH]c3ncc(OCCOC)cc23)c(C)n1. The smallest absolute Gasteiger partial charge is 0.223 e. The number of aryl methyl sites for hydroxylation is 1. The lowest BCUT2D eigenvalue weighted by atomic mass is 10.0. The molecule has 0 aromatic carbocycles. The summed E-state index contributed by atoms with van der Waals surface area (Å²) in [6.45, 7) is 11.2. The number of nitrogens with zero attached hydrogens (tertiary/aromatic N) is 4. The number of allylic oxidation sites excluding steroid dienone is 1. The molecule has 0 aliphatic rings. The predicted molar refractivity (Wildman–Crippen MR) is 140 cm³/mol. The fourth-order valence-corrected chi connectivity index (χ4v) is 3.50. The maximum atomic E-state index is 5.73. The Kier molecular flexibility index (Phi) is 9.51. The predicted octanol–water partition coefficient (Wildman–Crippen LogP) is 3.92. The average Bonchev–Trinajstić information content (AvgIpc) is 3.24. The molecular formula is C26H34N6O3. The summed E-state index contributed by atoms with van der Waals surface area (Å²) in [5, 5.41) is 4.27. The Morgan fingerprint density at radius 2 is 2.06 bits per heavy atom. The van der Waals surface area contributed by atoms with E-state index >= 15 is 0 Å². The lowest BCUT2D eigenvalue weighted by Crippen LogP contribution is -2.22. The monoisotopic (exact) mass is 478 g/mol. The Hall–Kier alpha value is -3.56. The van der Waals surface area contributed by atoms with Crippen LogP contribution in [0.2, 0.25) is 0 Å². The molecule has 0 unspecified atom stereocenters.